The molecule has 3 aliphatic carbocycles. The van der Waals surface area contributed by atoms with Crippen molar-refractivity contribution in [1.82, 2.24) is 0 Å². The SMILES string of the molecule is C1=CC[C@H](C2OC([C@H]3CC=CCC3)OC([C@H]3CC=CCC3)O2)CC1. The Bertz CT molecular complexity index is 418. The van der Waals surface area contributed by atoms with Crippen LogP contribution in [0.5, 0.6) is 0 Å². The minimum Gasteiger partial charge on any atom is -0.323 e. The third-order valence-corrected chi connectivity index (χ3v) is 5.89. The molecule has 24 heavy (non-hydrogen) atoms. The molecule has 3 nitrogen and oxygen atoms in total. The fraction of sp³-hybridized carbons (Fsp3) is 0.714. The van der Waals surface area contributed by atoms with E-state index in [0.717, 1.165) is 57.8 Å². The van der Waals surface area contributed by atoms with Crippen LogP contribution in [0.3, 0.4) is 0 Å². The lowest BCUT2D eigenvalue weighted by atomic mass is 9.90. The molecule has 4 rings (SSSR count). The fourth-order valence-corrected chi connectivity index (χ4v) is 4.35. The molecule has 1 fully saturated rings. The van der Waals surface area contributed by atoms with E-state index in [1.54, 1.807) is 0 Å². The van der Waals surface area contributed by atoms with Gasteiger partial charge in [-0.25, -0.2) is 0 Å². The third kappa shape index (κ3) is 3.84. The van der Waals surface area contributed by atoms with Gasteiger partial charge in [0, 0.05) is 17.8 Å². The highest BCUT2D eigenvalue weighted by molar-refractivity contribution is 4.95. The number of hydrogen-bond donors (Lipinski definition) is 0. The second-order valence-corrected chi connectivity index (χ2v) is 7.65. The lowest BCUT2D eigenvalue weighted by Crippen LogP contribution is -2.49. The molecule has 1 heterocycles. The molecule has 0 spiro atoms. The monoisotopic (exact) mass is 330 g/mol. The summed E-state index contributed by atoms with van der Waals surface area (Å²) in [6, 6.07) is 0. The summed E-state index contributed by atoms with van der Waals surface area (Å²) >= 11 is 0. The minimum absolute atomic E-state index is 0.101. The number of allylic oxidation sites excluding steroid dienone is 6. The first kappa shape index (κ1) is 16.6. The second-order valence-electron chi connectivity index (χ2n) is 7.65. The molecule has 0 saturated carbocycles. The van der Waals surface area contributed by atoms with E-state index in [1.807, 2.05) is 0 Å². The van der Waals surface area contributed by atoms with Gasteiger partial charge in [-0.2, -0.15) is 0 Å². The molecular weight excluding hydrogens is 300 g/mol. The van der Waals surface area contributed by atoms with E-state index in [1.165, 1.54) is 0 Å². The van der Waals surface area contributed by atoms with Crippen molar-refractivity contribution in [2.45, 2.75) is 76.7 Å². The zero-order chi connectivity index (χ0) is 16.2. The fourth-order valence-electron chi connectivity index (χ4n) is 4.35. The lowest BCUT2D eigenvalue weighted by molar-refractivity contribution is -0.415. The predicted molar refractivity (Wildman–Crippen MR) is 94.1 cm³/mol. The highest BCUT2D eigenvalue weighted by Gasteiger charge is 2.41. The minimum atomic E-state index is -0.101. The Labute approximate surface area is 145 Å². The molecule has 0 N–H and O–H groups in total. The summed E-state index contributed by atoms with van der Waals surface area (Å²) in [6.45, 7) is 0. The Balaban J connectivity index is 1.47. The van der Waals surface area contributed by atoms with Crippen LogP contribution in [0.15, 0.2) is 36.5 Å². The molecule has 4 aliphatic rings. The summed E-state index contributed by atoms with van der Waals surface area (Å²) in [6.07, 6.45) is 23.5. The quantitative estimate of drug-likeness (QED) is 0.674. The molecule has 0 amide bonds. The third-order valence-electron chi connectivity index (χ3n) is 5.89. The van der Waals surface area contributed by atoms with Gasteiger partial charge in [0.2, 0.25) is 0 Å². The van der Waals surface area contributed by atoms with Crippen LogP contribution in [0.1, 0.15) is 57.8 Å². The van der Waals surface area contributed by atoms with E-state index in [-0.39, 0.29) is 18.9 Å². The number of hydrogen-bond acceptors (Lipinski definition) is 3. The summed E-state index contributed by atoms with van der Waals surface area (Å²) < 4.78 is 19.1. The summed E-state index contributed by atoms with van der Waals surface area (Å²) in [5.41, 5.74) is 0. The first-order valence-corrected chi connectivity index (χ1v) is 9.81. The van der Waals surface area contributed by atoms with Gasteiger partial charge in [0.1, 0.15) is 0 Å². The maximum absolute atomic E-state index is 6.36. The van der Waals surface area contributed by atoms with Gasteiger partial charge in [0.05, 0.1) is 0 Å². The molecule has 0 aromatic rings. The van der Waals surface area contributed by atoms with E-state index in [0.29, 0.717) is 17.8 Å². The average Bonchev–Trinajstić information content (AvgIpc) is 2.70. The van der Waals surface area contributed by atoms with Gasteiger partial charge in [0.15, 0.2) is 18.9 Å². The molecule has 0 unspecified atom stereocenters. The normalized spacial score (nSPS) is 43.0. The zero-order valence-electron chi connectivity index (χ0n) is 14.5. The van der Waals surface area contributed by atoms with Crippen LogP contribution in [0.4, 0.5) is 0 Å². The molecule has 0 aromatic heterocycles. The molecule has 1 saturated heterocycles. The molecule has 0 aromatic carbocycles. The molecule has 0 bridgehead atoms. The van der Waals surface area contributed by atoms with Crippen molar-refractivity contribution in [2.24, 2.45) is 17.8 Å². The van der Waals surface area contributed by atoms with Gasteiger partial charge in [-0.05, 0) is 57.8 Å². The Kier molecular flexibility index (Phi) is 5.51. The van der Waals surface area contributed by atoms with E-state index in [4.69, 9.17) is 14.2 Å². The molecular formula is C21H30O3. The maximum atomic E-state index is 6.36. The first-order valence-electron chi connectivity index (χ1n) is 9.81. The Morgan fingerprint density at radius 2 is 0.792 bits per heavy atom. The van der Waals surface area contributed by atoms with Crippen molar-refractivity contribution in [2.75, 3.05) is 0 Å². The highest BCUT2D eigenvalue weighted by Crippen LogP contribution is 2.38. The molecule has 3 atom stereocenters. The highest BCUT2D eigenvalue weighted by atomic mass is 16.9. The van der Waals surface area contributed by atoms with E-state index >= 15 is 0 Å². The van der Waals surface area contributed by atoms with Crippen LogP contribution in [-0.4, -0.2) is 18.9 Å². The van der Waals surface area contributed by atoms with Gasteiger partial charge in [-0.15, -0.1) is 0 Å². The largest absolute Gasteiger partial charge is 0.323 e. The maximum Gasteiger partial charge on any atom is 0.167 e. The van der Waals surface area contributed by atoms with E-state index in [2.05, 4.69) is 36.5 Å². The summed E-state index contributed by atoms with van der Waals surface area (Å²) in [5, 5.41) is 0. The molecule has 3 heteroatoms. The van der Waals surface area contributed by atoms with Crippen molar-refractivity contribution in [3.8, 4) is 0 Å². The Morgan fingerprint density at radius 3 is 1.04 bits per heavy atom. The first-order chi connectivity index (χ1) is 11.9. The van der Waals surface area contributed by atoms with E-state index < -0.39 is 0 Å². The number of rotatable bonds is 3. The standard InChI is InChI=1S/C21H30O3/c1-4-10-16(11-5-1)19-22-20(17-12-6-2-7-13-17)24-21(23-19)18-14-8-3-9-15-18/h1-4,6,8,16-21H,5,7,9-15H2/t16-,17-,18-,19?,20?,21?/m0/s1. The number of ether oxygens (including phenoxy) is 3. The van der Waals surface area contributed by atoms with Gasteiger partial charge in [-0.1, -0.05) is 36.5 Å². The predicted octanol–water partition coefficient (Wildman–Crippen LogP) is 5.10. The van der Waals surface area contributed by atoms with Crippen LogP contribution in [-0.2, 0) is 14.2 Å². The van der Waals surface area contributed by atoms with Gasteiger partial charge >= 0.3 is 0 Å². The second kappa shape index (κ2) is 7.99. The molecule has 1 aliphatic heterocycles. The van der Waals surface area contributed by atoms with Crippen molar-refractivity contribution in [3.63, 3.8) is 0 Å². The van der Waals surface area contributed by atoms with Crippen LogP contribution < -0.4 is 0 Å². The van der Waals surface area contributed by atoms with Crippen molar-refractivity contribution in [1.29, 1.82) is 0 Å². The average molecular weight is 330 g/mol. The Morgan fingerprint density at radius 1 is 0.458 bits per heavy atom. The smallest absolute Gasteiger partial charge is 0.167 e. The van der Waals surface area contributed by atoms with Crippen LogP contribution in [0.25, 0.3) is 0 Å². The van der Waals surface area contributed by atoms with Crippen LogP contribution in [0.2, 0.25) is 0 Å². The van der Waals surface area contributed by atoms with Crippen molar-refractivity contribution in [3.05, 3.63) is 36.5 Å². The zero-order valence-corrected chi connectivity index (χ0v) is 14.5. The van der Waals surface area contributed by atoms with Gasteiger partial charge in [0.25, 0.3) is 0 Å². The van der Waals surface area contributed by atoms with Crippen LogP contribution >= 0.6 is 0 Å². The summed E-state index contributed by atoms with van der Waals surface area (Å²) in [5.74, 6) is 1.42. The Hall–Kier alpha value is -0.900. The molecule has 132 valence electrons. The molecule has 0 radical (unpaired) electrons. The lowest BCUT2D eigenvalue weighted by Gasteiger charge is -2.44. The summed E-state index contributed by atoms with van der Waals surface area (Å²) in [7, 11) is 0. The van der Waals surface area contributed by atoms with Crippen LogP contribution in [0, 0.1) is 17.8 Å². The topological polar surface area (TPSA) is 27.7 Å². The van der Waals surface area contributed by atoms with Crippen molar-refractivity contribution < 1.29 is 14.2 Å². The van der Waals surface area contributed by atoms with E-state index in [9.17, 15) is 0 Å². The van der Waals surface area contributed by atoms with Gasteiger partial charge < -0.3 is 14.2 Å². The summed E-state index contributed by atoms with van der Waals surface area (Å²) in [4.78, 5) is 0. The van der Waals surface area contributed by atoms with Crippen molar-refractivity contribution >= 4 is 0 Å². The van der Waals surface area contributed by atoms with Gasteiger partial charge in [-0.3, -0.25) is 0 Å².